The molecule has 1 aromatic heterocycles. The molecule has 8 nitrogen and oxygen atoms in total. The van der Waals surface area contributed by atoms with Crippen LogP contribution < -0.4 is 15.5 Å². The van der Waals surface area contributed by atoms with E-state index in [1.165, 1.54) is 6.33 Å². The van der Waals surface area contributed by atoms with Gasteiger partial charge in [0.1, 0.15) is 18.0 Å². The maximum Gasteiger partial charge on any atom is 0.290 e. The smallest absolute Gasteiger partial charge is 0.290 e. The summed E-state index contributed by atoms with van der Waals surface area (Å²) in [6, 6.07) is 10.9. The summed E-state index contributed by atoms with van der Waals surface area (Å²) in [7, 11) is 0. The first-order chi connectivity index (χ1) is 11.7. The summed E-state index contributed by atoms with van der Waals surface area (Å²) >= 11 is 0. The number of amides is 1. The molecule has 126 valence electrons. The molecule has 0 bridgehead atoms. The van der Waals surface area contributed by atoms with Crippen molar-refractivity contribution in [2.75, 3.05) is 36.4 Å². The maximum absolute atomic E-state index is 12.1. The van der Waals surface area contributed by atoms with Crippen LogP contribution in [0.3, 0.4) is 0 Å². The monoisotopic (exact) mass is 329 g/mol. The van der Waals surface area contributed by atoms with Gasteiger partial charge in [-0.15, -0.1) is 0 Å². The summed E-state index contributed by atoms with van der Waals surface area (Å²) in [5, 5.41) is 13.0. The van der Waals surface area contributed by atoms with Crippen molar-refractivity contribution in [3.8, 4) is 0 Å². The molecule has 0 atom stereocenters. The van der Waals surface area contributed by atoms with Gasteiger partial charge in [0, 0.05) is 37.8 Å². The van der Waals surface area contributed by atoms with Crippen LogP contribution in [0.1, 0.15) is 10.4 Å². The Kier molecular flexibility index (Phi) is 6.66. The molecule has 1 saturated heterocycles. The molecular formula is C16H19N5O3. The summed E-state index contributed by atoms with van der Waals surface area (Å²) in [6.07, 6.45) is 1.48. The van der Waals surface area contributed by atoms with Crippen LogP contribution in [0.4, 0.5) is 11.6 Å². The second-order valence-corrected chi connectivity index (χ2v) is 4.92. The molecule has 2 aromatic rings. The normalized spacial score (nSPS) is 13.4. The second kappa shape index (κ2) is 9.21. The predicted molar refractivity (Wildman–Crippen MR) is 90.2 cm³/mol. The van der Waals surface area contributed by atoms with E-state index >= 15 is 0 Å². The van der Waals surface area contributed by atoms with Crippen molar-refractivity contribution in [1.29, 1.82) is 0 Å². The molecule has 0 saturated carbocycles. The Morgan fingerprint density at radius 2 is 1.88 bits per heavy atom. The van der Waals surface area contributed by atoms with Gasteiger partial charge in [-0.3, -0.25) is 9.59 Å². The van der Waals surface area contributed by atoms with Gasteiger partial charge in [0.15, 0.2) is 0 Å². The summed E-state index contributed by atoms with van der Waals surface area (Å²) in [5.41, 5.74) is 0.611. The number of nitrogens with zero attached hydrogens (tertiary/aromatic N) is 3. The van der Waals surface area contributed by atoms with Gasteiger partial charge in [-0.05, 0) is 12.1 Å². The van der Waals surface area contributed by atoms with Crippen LogP contribution >= 0.6 is 0 Å². The number of carboxylic acid groups (broad SMARTS) is 1. The first-order valence-electron chi connectivity index (χ1n) is 7.46. The average Bonchev–Trinajstić information content (AvgIpc) is 2.64. The molecule has 3 rings (SSSR count). The fraction of sp³-hybridized carbons (Fsp3) is 0.250. The number of anilines is 2. The average molecular weight is 329 g/mol. The predicted octanol–water partition coefficient (Wildman–Crippen LogP) is 0.839. The van der Waals surface area contributed by atoms with E-state index in [-0.39, 0.29) is 12.4 Å². The Morgan fingerprint density at radius 3 is 2.54 bits per heavy atom. The molecule has 0 radical (unpaired) electrons. The zero-order valence-electron chi connectivity index (χ0n) is 13.1. The van der Waals surface area contributed by atoms with Crippen molar-refractivity contribution in [3.05, 3.63) is 48.3 Å². The largest absolute Gasteiger partial charge is 0.483 e. The van der Waals surface area contributed by atoms with Crippen LogP contribution in [0, 0.1) is 0 Å². The van der Waals surface area contributed by atoms with E-state index in [0.29, 0.717) is 11.4 Å². The number of aromatic nitrogens is 2. The molecule has 1 aliphatic heterocycles. The van der Waals surface area contributed by atoms with Crippen LogP contribution in [0.15, 0.2) is 42.7 Å². The zero-order valence-corrected chi connectivity index (χ0v) is 13.1. The molecule has 0 unspecified atom stereocenters. The molecule has 1 amide bonds. The van der Waals surface area contributed by atoms with Gasteiger partial charge in [0.2, 0.25) is 0 Å². The summed E-state index contributed by atoms with van der Waals surface area (Å²) in [6.45, 7) is 3.44. The highest BCUT2D eigenvalue weighted by molar-refractivity contribution is 6.03. The van der Waals surface area contributed by atoms with Crippen molar-refractivity contribution in [3.63, 3.8) is 0 Å². The first kappa shape index (κ1) is 17.4. The van der Waals surface area contributed by atoms with Crippen LogP contribution in [-0.2, 0) is 4.79 Å². The third kappa shape index (κ3) is 5.03. The van der Waals surface area contributed by atoms with Crippen LogP contribution in [0.25, 0.3) is 0 Å². The molecule has 1 fully saturated rings. The maximum atomic E-state index is 12.1. The van der Waals surface area contributed by atoms with Crippen LogP contribution in [0.5, 0.6) is 0 Å². The lowest BCUT2D eigenvalue weighted by Gasteiger charge is -2.28. The molecular weight excluding hydrogens is 310 g/mol. The van der Waals surface area contributed by atoms with Crippen molar-refractivity contribution < 1.29 is 14.7 Å². The van der Waals surface area contributed by atoms with Gasteiger partial charge in [0.05, 0.1) is 0 Å². The van der Waals surface area contributed by atoms with Gasteiger partial charge in [-0.2, -0.15) is 0 Å². The van der Waals surface area contributed by atoms with E-state index < -0.39 is 0 Å². The minimum atomic E-state index is -0.250. The standard InChI is InChI=1S/C15H17N5O.CH2O2/c21-15(12-4-2-1-3-5-12)19-13-10-14(18-11-17-13)20-8-6-16-7-9-20;2-1-3/h1-5,10-11,16H,6-9H2,(H,17,18,19,21);1H,(H,2,3). The number of rotatable bonds is 3. The van der Waals surface area contributed by atoms with Crippen LogP contribution in [-0.4, -0.2) is 53.6 Å². The number of hydrogen-bond donors (Lipinski definition) is 3. The quantitative estimate of drug-likeness (QED) is 0.716. The number of hydrogen-bond acceptors (Lipinski definition) is 6. The highest BCUT2D eigenvalue weighted by Crippen LogP contribution is 2.15. The second-order valence-electron chi connectivity index (χ2n) is 4.92. The Balaban J connectivity index is 0.000000647. The fourth-order valence-corrected chi connectivity index (χ4v) is 2.26. The summed E-state index contributed by atoms with van der Waals surface area (Å²) < 4.78 is 0. The fourth-order valence-electron chi connectivity index (χ4n) is 2.26. The van der Waals surface area contributed by atoms with Crippen molar-refractivity contribution in [2.45, 2.75) is 0 Å². The van der Waals surface area contributed by atoms with Crippen molar-refractivity contribution >= 4 is 24.0 Å². The molecule has 1 aromatic carbocycles. The Labute approximate surface area is 139 Å². The third-order valence-corrected chi connectivity index (χ3v) is 3.37. The summed E-state index contributed by atoms with van der Waals surface area (Å²) in [4.78, 5) is 31.0. The molecule has 0 spiro atoms. The minimum Gasteiger partial charge on any atom is -0.483 e. The Hall–Kier alpha value is -3.00. The van der Waals surface area contributed by atoms with Crippen LogP contribution in [0.2, 0.25) is 0 Å². The van der Waals surface area contributed by atoms with E-state index in [1.807, 2.05) is 24.3 Å². The van der Waals surface area contributed by atoms with Crippen molar-refractivity contribution in [2.24, 2.45) is 0 Å². The Morgan fingerprint density at radius 1 is 1.21 bits per heavy atom. The topological polar surface area (TPSA) is 107 Å². The van der Waals surface area contributed by atoms with Gasteiger partial charge in [-0.25, -0.2) is 9.97 Å². The van der Waals surface area contributed by atoms with E-state index in [1.54, 1.807) is 12.1 Å². The van der Waals surface area contributed by atoms with E-state index in [4.69, 9.17) is 9.90 Å². The lowest BCUT2D eigenvalue weighted by atomic mass is 10.2. The molecule has 3 N–H and O–H groups in total. The van der Waals surface area contributed by atoms with E-state index in [0.717, 1.165) is 32.0 Å². The van der Waals surface area contributed by atoms with Gasteiger partial charge in [-0.1, -0.05) is 18.2 Å². The highest BCUT2D eigenvalue weighted by Gasteiger charge is 2.13. The van der Waals surface area contributed by atoms with Gasteiger partial charge >= 0.3 is 0 Å². The molecule has 24 heavy (non-hydrogen) atoms. The van der Waals surface area contributed by atoms with E-state index in [2.05, 4.69) is 25.5 Å². The zero-order chi connectivity index (χ0) is 17.2. The molecule has 2 heterocycles. The minimum absolute atomic E-state index is 0.166. The molecule has 0 aliphatic carbocycles. The highest BCUT2D eigenvalue weighted by atomic mass is 16.3. The molecule has 8 heteroatoms. The number of piperazine rings is 1. The van der Waals surface area contributed by atoms with Crippen molar-refractivity contribution in [1.82, 2.24) is 15.3 Å². The number of benzene rings is 1. The van der Waals surface area contributed by atoms with E-state index in [9.17, 15) is 4.79 Å². The number of carbonyl (C=O) groups excluding carboxylic acids is 1. The third-order valence-electron chi connectivity index (χ3n) is 3.37. The Bertz CT molecular complexity index is 660. The summed E-state index contributed by atoms with van der Waals surface area (Å²) in [5.74, 6) is 1.20. The first-order valence-corrected chi connectivity index (χ1v) is 7.46. The molecule has 1 aliphatic rings. The van der Waals surface area contributed by atoms with Gasteiger partial charge in [0.25, 0.3) is 12.4 Å². The number of carbonyl (C=O) groups is 2. The van der Waals surface area contributed by atoms with Gasteiger partial charge < -0.3 is 20.6 Å². The SMILES string of the molecule is O=C(Nc1cc(N2CCNCC2)ncn1)c1ccccc1.O=CO. The number of nitrogens with one attached hydrogen (secondary N) is 2. The lowest BCUT2D eigenvalue weighted by molar-refractivity contribution is -0.122. The lowest BCUT2D eigenvalue weighted by Crippen LogP contribution is -2.43.